The second-order valence-corrected chi connectivity index (χ2v) is 9.40. The Balaban J connectivity index is 1.40. The van der Waals surface area contributed by atoms with Crippen molar-refractivity contribution in [1.82, 2.24) is 9.47 Å². The van der Waals surface area contributed by atoms with Crippen LogP contribution in [0.4, 0.5) is 5.69 Å². The van der Waals surface area contributed by atoms with E-state index in [9.17, 15) is 9.59 Å². The average Bonchev–Trinajstić information content (AvgIpc) is 3.62. The second kappa shape index (κ2) is 8.58. The molecule has 2 heterocycles. The lowest BCUT2D eigenvalue weighted by atomic mass is 9.97. The van der Waals surface area contributed by atoms with Crippen molar-refractivity contribution in [2.75, 3.05) is 11.4 Å². The molecule has 2 amide bonds. The van der Waals surface area contributed by atoms with Crippen LogP contribution in [0, 0.1) is 6.92 Å². The van der Waals surface area contributed by atoms with Gasteiger partial charge in [0.15, 0.2) is 0 Å². The number of rotatable bonds is 5. The van der Waals surface area contributed by atoms with Gasteiger partial charge in [0.05, 0.1) is 17.1 Å². The molecule has 1 unspecified atom stereocenters. The van der Waals surface area contributed by atoms with E-state index in [1.807, 2.05) is 90.8 Å². The molecule has 6 rings (SSSR count). The summed E-state index contributed by atoms with van der Waals surface area (Å²) in [5.41, 5.74) is 5.63. The summed E-state index contributed by atoms with van der Waals surface area (Å²) in [6, 6.07) is 29.6. The van der Waals surface area contributed by atoms with E-state index in [0.717, 1.165) is 41.0 Å². The van der Waals surface area contributed by atoms with Gasteiger partial charge in [-0.1, -0.05) is 60.2 Å². The van der Waals surface area contributed by atoms with Gasteiger partial charge in [0.1, 0.15) is 12.6 Å². The zero-order chi connectivity index (χ0) is 23.9. The predicted molar refractivity (Wildman–Crippen MR) is 137 cm³/mol. The van der Waals surface area contributed by atoms with Crippen molar-refractivity contribution in [2.45, 2.75) is 31.8 Å². The molecule has 3 aromatic carbocycles. The number of amides is 2. The maximum atomic E-state index is 14.1. The van der Waals surface area contributed by atoms with Crippen molar-refractivity contribution in [2.24, 2.45) is 0 Å². The molecule has 0 spiro atoms. The minimum absolute atomic E-state index is 0.0513. The highest BCUT2D eigenvalue weighted by atomic mass is 16.2. The number of hydrogen-bond donors (Lipinski definition) is 0. The van der Waals surface area contributed by atoms with Gasteiger partial charge in [0.25, 0.3) is 5.91 Å². The van der Waals surface area contributed by atoms with E-state index in [1.165, 1.54) is 0 Å². The Morgan fingerprint density at radius 3 is 2.23 bits per heavy atom. The lowest BCUT2D eigenvalue weighted by molar-refractivity contribution is -0.119. The van der Waals surface area contributed by atoms with Crippen molar-refractivity contribution in [3.8, 4) is 5.69 Å². The molecule has 1 aliphatic carbocycles. The summed E-state index contributed by atoms with van der Waals surface area (Å²) in [5.74, 6) is -0.156. The number of para-hydroxylation sites is 2. The summed E-state index contributed by atoms with van der Waals surface area (Å²) in [6.07, 6.45) is 3.92. The number of fused-ring (bicyclic) bond motifs is 3. The highest BCUT2D eigenvalue weighted by molar-refractivity contribution is 6.03. The smallest absolute Gasteiger partial charge is 0.254 e. The largest absolute Gasteiger partial charge is 0.326 e. The van der Waals surface area contributed by atoms with Crippen LogP contribution in [-0.2, 0) is 4.79 Å². The molecular formula is C30H27N3O2. The van der Waals surface area contributed by atoms with Crippen molar-refractivity contribution in [1.29, 1.82) is 0 Å². The van der Waals surface area contributed by atoms with Gasteiger partial charge in [0, 0.05) is 17.8 Å². The van der Waals surface area contributed by atoms with Crippen molar-refractivity contribution in [3.05, 3.63) is 120 Å². The number of carbonyl (C=O) groups is 2. The lowest BCUT2D eigenvalue weighted by Gasteiger charge is -2.39. The molecule has 0 bridgehead atoms. The Bertz CT molecular complexity index is 1390. The average molecular weight is 462 g/mol. The molecule has 1 aliphatic heterocycles. The van der Waals surface area contributed by atoms with Gasteiger partial charge < -0.3 is 9.47 Å². The molecule has 174 valence electrons. The van der Waals surface area contributed by atoms with Crippen LogP contribution >= 0.6 is 0 Å². The van der Waals surface area contributed by atoms with Crippen molar-refractivity contribution < 1.29 is 9.59 Å². The van der Waals surface area contributed by atoms with Gasteiger partial charge >= 0.3 is 0 Å². The molecule has 35 heavy (non-hydrogen) atoms. The fourth-order valence-corrected chi connectivity index (χ4v) is 5.05. The first kappa shape index (κ1) is 21.4. The molecule has 1 aromatic heterocycles. The fourth-order valence-electron chi connectivity index (χ4n) is 5.05. The quantitative estimate of drug-likeness (QED) is 0.393. The number of carbonyl (C=O) groups excluding carboxylic acids is 2. The highest BCUT2D eigenvalue weighted by Crippen LogP contribution is 2.42. The fraction of sp³-hybridized carbons (Fsp3) is 0.200. The topological polar surface area (TPSA) is 45.6 Å². The molecule has 4 aromatic rings. The van der Waals surface area contributed by atoms with Crippen LogP contribution < -0.4 is 4.90 Å². The molecule has 0 N–H and O–H groups in total. The van der Waals surface area contributed by atoms with E-state index in [2.05, 4.69) is 22.8 Å². The molecule has 1 fully saturated rings. The number of aryl methyl sites for hydroxylation is 1. The van der Waals surface area contributed by atoms with Crippen LogP contribution in [-0.4, -0.2) is 33.9 Å². The van der Waals surface area contributed by atoms with Gasteiger partial charge in [-0.2, -0.15) is 0 Å². The summed E-state index contributed by atoms with van der Waals surface area (Å²) in [5, 5.41) is 0. The van der Waals surface area contributed by atoms with Crippen LogP contribution in [0.3, 0.4) is 0 Å². The van der Waals surface area contributed by atoms with Crippen molar-refractivity contribution in [3.63, 3.8) is 0 Å². The van der Waals surface area contributed by atoms with Crippen LogP contribution in [0.5, 0.6) is 0 Å². The van der Waals surface area contributed by atoms with Gasteiger partial charge in [-0.25, -0.2) is 0 Å². The molecule has 0 radical (unpaired) electrons. The molecule has 0 saturated heterocycles. The molecule has 1 atom stereocenters. The first-order chi connectivity index (χ1) is 17.1. The van der Waals surface area contributed by atoms with Crippen LogP contribution in [0.1, 0.15) is 46.1 Å². The van der Waals surface area contributed by atoms with Crippen molar-refractivity contribution >= 4 is 17.5 Å². The SMILES string of the molecule is Cc1ccc(C(=O)N(CC(=O)N2c3ccccc3-n3cccc3C2c2ccccc2)C2CC2)cc1. The number of benzene rings is 3. The number of aromatic nitrogens is 1. The lowest BCUT2D eigenvalue weighted by Crippen LogP contribution is -2.47. The minimum atomic E-state index is -0.274. The molecule has 2 aliphatic rings. The first-order valence-corrected chi connectivity index (χ1v) is 12.1. The molecule has 5 nitrogen and oxygen atoms in total. The molecule has 1 saturated carbocycles. The zero-order valence-corrected chi connectivity index (χ0v) is 19.7. The van der Waals surface area contributed by atoms with E-state index < -0.39 is 0 Å². The monoisotopic (exact) mass is 461 g/mol. The third-order valence-corrected chi connectivity index (χ3v) is 6.96. The van der Waals surface area contributed by atoms with E-state index in [-0.39, 0.29) is 30.4 Å². The highest BCUT2D eigenvalue weighted by Gasteiger charge is 2.40. The normalized spacial score (nSPS) is 16.4. The second-order valence-electron chi connectivity index (χ2n) is 9.40. The number of nitrogens with zero attached hydrogens (tertiary/aromatic N) is 3. The van der Waals surface area contributed by atoms with E-state index in [4.69, 9.17) is 0 Å². The van der Waals surface area contributed by atoms with Crippen LogP contribution in [0.2, 0.25) is 0 Å². The summed E-state index contributed by atoms with van der Waals surface area (Å²) >= 11 is 0. The van der Waals surface area contributed by atoms with E-state index in [1.54, 1.807) is 4.90 Å². The molecular weight excluding hydrogens is 434 g/mol. The summed E-state index contributed by atoms with van der Waals surface area (Å²) < 4.78 is 2.16. The number of hydrogen-bond acceptors (Lipinski definition) is 2. The number of anilines is 1. The Labute approximate surface area is 205 Å². The predicted octanol–water partition coefficient (Wildman–Crippen LogP) is 5.53. The maximum absolute atomic E-state index is 14.1. The van der Waals surface area contributed by atoms with Gasteiger partial charge in [-0.3, -0.25) is 14.5 Å². The Morgan fingerprint density at radius 2 is 1.51 bits per heavy atom. The van der Waals surface area contributed by atoms with Crippen LogP contribution in [0.25, 0.3) is 5.69 Å². The summed E-state index contributed by atoms with van der Waals surface area (Å²) in [4.78, 5) is 31.2. The molecule has 5 heteroatoms. The van der Waals surface area contributed by atoms with E-state index in [0.29, 0.717) is 5.56 Å². The van der Waals surface area contributed by atoms with E-state index >= 15 is 0 Å². The summed E-state index contributed by atoms with van der Waals surface area (Å²) in [7, 11) is 0. The third-order valence-electron chi connectivity index (χ3n) is 6.96. The van der Waals surface area contributed by atoms with Gasteiger partial charge in [0.2, 0.25) is 5.91 Å². The Kier molecular flexibility index (Phi) is 5.25. The third kappa shape index (κ3) is 3.83. The Hall–Kier alpha value is -4.12. The first-order valence-electron chi connectivity index (χ1n) is 12.1. The summed E-state index contributed by atoms with van der Waals surface area (Å²) in [6.45, 7) is 2.06. The van der Waals surface area contributed by atoms with Gasteiger partial charge in [-0.05, 0) is 61.7 Å². The van der Waals surface area contributed by atoms with Gasteiger partial charge in [-0.15, -0.1) is 0 Å². The minimum Gasteiger partial charge on any atom is -0.326 e. The zero-order valence-electron chi connectivity index (χ0n) is 19.7. The Morgan fingerprint density at radius 1 is 0.829 bits per heavy atom. The maximum Gasteiger partial charge on any atom is 0.254 e. The van der Waals surface area contributed by atoms with Crippen LogP contribution in [0.15, 0.2) is 97.2 Å². The standard InChI is InChI=1S/C30H27N3O2/c1-21-13-15-23(16-14-21)30(35)32(24-17-18-24)20-28(34)33-26-11-6-5-10-25(26)31-19-7-12-27(31)29(33)22-8-3-2-4-9-22/h2-16,19,24,29H,17-18,20H2,1H3.